The summed E-state index contributed by atoms with van der Waals surface area (Å²) in [7, 11) is 0. The van der Waals surface area contributed by atoms with Gasteiger partial charge in [-0.15, -0.1) is 6.58 Å². The summed E-state index contributed by atoms with van der Waals surface area (Å²) in [5.41, 5.74) is 1.84. The first-order valence-electron chi connectivity index (χ1n) is 11.0. The van der Waals surface area contributed by atoms with Crippen LogP contribution in [0, 0.1) is 0 Å². The second-order valence-electron chi connectivity index (χ2n) is 7.64. The number of ether oxygens (including phenoxy) is 1. The van der Waals surface area contributed by atoms with Crippen molar-refractivity contribution in [1.82, 2.24) is 5.32 Å². The average molecular weight is 431 g/mol. The molecule has 1 amide bonds. The Hall–Kier alpha value is -3.44. The van der Waals surface area contributed by atoms with Crippen molar-refractivity contribution in [3.8, 4) is 0 Å². The number of benzene rings is 3. The maximum Gasteiger partial charge on any atom is 0.340 e. The standard InChI is InChI=1S/C27H30N2O3/c1-3-5-17-32-27(31)23-12-8-9-13-24(23)29-26(30)19-25(28-16-4-2)22-15-14-20-10-6-7-11-21(20)18-22/h4,6-15,18,25,28H,2-3,5,16-17,19H2,1H3,(H,29,30). The van der Waals surface area contributed by atoms with Gasteiger partial charge in [0.1, 0.15) is 0 Å². The van der Waals surface area contributed by atoms with E-state index in [0.717, 1.165) is 29.2 Å². The largest absolute Gasteiger partial charge is 0.462 e. The molecule has 0 radical (unpaired) electrons. The van der Waals surface area contributed by atoms with Gasteiger partial charge in [-0.25, -0.2) is 4.79 Å². The van der Waals surface area contributed by atoms with E-state index in [0.29, 0.717) is 24.4 Å². The molecule has 5 heteroatoms. The highest BCUT2D eigenvalue weighted by Gasteiger charge is 2.19. The molecule has 0 aliphatic carbocycles. The Labute approximate surface area is 189 Å². The van der Waals surface area contributed by atoms with E-state index in [9.17, 15) is 9.59 Å². The highest BCUT2D eigenvalue weighted by atomic mass is 16.5. The zero-order chi connectivity index (χ0) is 22.8. The summed E-state index contributed by atoms with van der Waals surface area (Å²) >= 11 is 0. The zero-order valence-electron chi connectivity index (χ0n) is 18.5. The summed E-state index contributed by atoms with van der Waals surface area (Å²) in [6, 6.07) is 21.1. The van der Waals surface area contributed by atoms with Crippen LogP contribution >= 0.6 is 0 Å². The van der Waals surface area contributed by atoms with Crippen molar-refractivity contribution in [2.24, 2.45) is 0 Å². The molecule has 1 atom stereocenters. The normalized spacial score (nSPS) is 11.7. The van der Waals surface area contributed by atoms with Gasteiger partial charge in [0.25, 0.3) is 0 Å². The number of hydrogen-bond donors (Lipinski definition) is 2. The predicted molar refractivity (Wildman–Crippen MR) is 130 cm³/mol. The minimum Gasteiger partial charge on any atom is -0.462 e. The van der Waals surface area contributed by atoms with E-state index in [-0.39, 0.29) is 18.4 Å². The molecule has 2 N–H and O–H groups in total. The number of carbonyl (C=O) groups is 2. The Morgan fingerprint density at radius 2 is 1.78 bits per heavy atom. The fourth-order valence-electron chi connectivity index (χ4n) is 3.50. The topological polar surface area (TPSA) is 67.4 Å². The summed E-state index contributed by atoms with van der Waals surface area (Å²) in [5.74, 6) is -0.612. The number of unbranched alkanes of at least 4 members (excludes halogenated alkanes) is 1. The zero-order valence-corrected chi connectivity index (χ0v) is 18.5. The van der Waals surface area contributed by atoms with Gasteiger partial charge >= 0.3 is 5.97 Å². The Bertz CT molecular complexity index is 1080. The molecular weight excluding hydrogens is 400 g/mol. The van der Waals surface area contributed by atoms with Crippen molar-refractivity contribution in [2.75, 3.05) is 18.5 Å². The van der Waals surface area contributed by atoms with Gasteiger partial charge in [0, 0.05) is 19.0 Å². The van der Waals surface area contributed by atoms with Crippen LogP contribution in [0.2, 0.25) is 0 Å². The molecule has 0 bridgehead atoms. The van der Waals surface area contributed by atoms with Gasteiger partial charge in [-0.05, 0) is 41.0 Å². The first kappa shape index (κ1) is 23.2. The van der Waals surface area contributed by atoms with E-state index in [2.05, 4.69) is 41.5 Å². The van der Waals surface area contributed by atoms with Crippen LogP contribution in [0.5, 0.6) is 0 Å². The van der Waals surface area contributed by atoms with Crippen molar-refractivity contribution < 1.29 is 14.3 Å². The average Bonchev–Trinajstić information content (AvgIpc) is 2.82. The highest BCUT2D eigenvalue weighted by Crippen LogP contribution is 2.24. The van der Waals surface area contributed by atoms with E-state index in [4.69, 9.17) is 4.74 Å². The van der Waals surface area contributed by atoms with Crippen LogP contribution in [-0.4, -0.2) is 25.0 Å². The molecule has 0 aliphatic heterocycles. The second-order valence-corrected chi connectivity index (χ2v) is 7.64. The van der Waals surface area contributed by atoms with Crippen molar-refractivity contribution in [3.05, 3.63) is 90.5 Å². The Kier molecular flexibility index (Phi) is 8.58. The minimum atomic E-state index is -0.426. The van der Waals surface area contributed by atoms with Crippen LogP contribution in [0.25, 0.3) is 10.8 Å². The van der Waals surface area contributed by atoms with Gasteiger partial charge in [-0.2, -0.15) is 0 Å². The second kappa shape index (κ2) is 11.8. The van der Waals surface area contributed by atoms with Crippen LogP contribution in [0.4, 0.5) is 5.69 Å². The summed E-state index contributed by atoms with van der Waals surface area (Å²) < 4.78 is 5.32. The molecule has 1 unspecified atom stereocenters. The molecule has 0 spiro atoms. The van der Waals surface area contributed by atoms with Crippen molar-refractivity contribution >= 4 is 28.3 Å². The summed E-state index contributed by atoms with van der Waals surface area (Å²) in [6.45, 7) is 6.75. The number of carbonyl (C=O) groups excluding carboxylic acids is 2. The molecule has 0 heterocycles. The summed E-state index contributed by atoms with van der Waals surface area (Å²) in [4.78, 5) is 25.4. The monoisotopic (exact) mass is 430 g/mol. The van der Waals surface area contributed by atoms with E-state index in [1.807, 2.05) is 25.1 Å². The van der Waals surface area contributed by atoms with E-state index in [1.165, 1.54) is 0 Å². The molecule has 0 fully saturated rings. The number of anilines is 1. The quantitative estimate of drug-likeness (QED) is 0.235. The maximum absolute atomic E-state index is 12.9. The molecular formula is C27H30N2O3. The van der Waals surface area contributed by atoms with Crippen molar-refractivity contribution in [2.45, 2.75) is 32.2 Å². The number of esters is 1. The minimum absolute atomic E-state index is 0.187. The van der Waals surface area contributed by atoms with Crippen LogP contribution in [0.1, 0.15) is 48.1 Å². The lowest BCUT2D eigenvalue weighted by Crippen LogP contribution is -2.27. The number of para-hydroxylation sites is 1. The van der Waals surface area contributed by atoms with Gasteiger partial charge < -0.3 is 15.4 Å². The van der Waals surface area contributed by atoms with E-state index in [1.54, 1.807) is 30.3 Å². The number of hydrogen-bond acceptors (Lipinski definition) is 4. The number of rotatable bonds is 11. The molecule has 32 heavy (non-hydrogen) atoms. The molecule has 0 aromatic heterocycles. The predicted octanol–water partition coefficient (Wildman–Crippen LogP) is 5.64. The van der Waals surface area contributed by atoms with Crippen LogP contribution in [0.3, 0.4) is 0 Å². The van der Waals surface area contributed by atoms with Gasteiger partial charge in [-0.1, -0.05) is 68.0 Å². The molecule has 3 aromatic carbocycles. The highest BCUT2D eigenvalue weighted by molar-refractivity contribution is 6.01. The lowest BCUT2D eigenvalue weighted by atomic mass is 9.99. The molecule has 3 rings (SSSR count). The Morgan fingerprint density at radius 3 is 2.56 bits per heavy atom. The van der Waals surface area contributed by atoms with Gasteiger partial charge in [-0.3, -0.25) is 4.79 Å². The molecule has 166 valence electrons. The first-order chi connectivity index (χ1) is 15.6. The lowest BCUT2D eigenvalue weighted by Gasteiger charge is -2.19. The van der Waals surface area contributed by atoms with Gasteiger partial charge in [0.15, 0.2) is 0 Å². The SMILES string of the molecule is C=CCNC(CC(=O)Nc1ccccc1C(=O)OCCCC)c1ccc2ccccc2c1. The maximum atomic E-state index is 12.9. The smallest absolute Gasteiger partial charge is 0.340 e. The number of fused-ring (bicyclic) bond motifs is 1. The van der Waals surface area contributed by atoms with Crippen molar-refractivity contribution in [1.29, 1.82) is 0 Å². The van der Waals surface area contributed by atoms with E-state index < -0.39 is 5.97 Å². The van der Waals surface area contributed by atoms with Gasteiger partial charge in [0.2, 0.25) is 5.91 Å². The summed E-state index contributed by atoms with van der Waals surface area (Å²) in [6.07, 6.45) is 3.74. The molecule has 5 nitrogen and oxygen atoms in total. The first-order valence-corrected chi connectivity index (χ1v) is 11.0. The fourth-order valence-corrected chi connectivity index (χ4v) is 3.50. The number of amides is 1. The van der Waals surface area contributed by atoms with Crippen LogP contribution in [0.15, 0.2) is 79.4 Å². The Morgan fingerprint density at radius 1 is 1.03 bits per heavy atom. The molecule has 0 saturated heterocycles. The molecule has 0 saturated carbocycles. The molecule has 0 aliphatic rings. The molecule has 3 aromatic rings. The van der Waals surface area contributed by atoms with Crippen LogP contribution in [-0.2, 0) is 9.53 Å². The van der Waals surface area contributed by atoms with Gasteiger partial charge in [0.05, 0.1) is 17.9 Å². The number of nitrogens with one attached hydrogen (secondary N) is 2. The van der Waals surface area contributed by atoms with E-state index >= 15 is 0 Å². The van der Waals surface area contributed by atoms with Crippen molar-refractivity contribution in [3.63, 3.8) is 0 Å². The third-order valence-electron chi connectivity index (χ3n) is 5.23. The third kappa shape index (κ3) is 6.28. The lowest BCUT2D eigenvalue weighted by molar-refractivity contribution is -0.116. The third-order valence-corrected chi connectivity index (χ3v) is 5.23. The Balaban J connectivity index is 1.74. The van der Waals surface area contributed by atoms with Crippen LogP contribution < -0.4 is 10.6 Å². The summed E-state index contributed by atoms with van der Waals surface area (Å²) in [5, 5.41) is 8.53. The fraction of sp³-hybridized carbons (Fsp3) is 0.259.